The Bertz CT molecular complexity index is 884. The number of amides is 2. The Morgan fingerprint density at radius 3 is 2.39 bits per heavy atom. The molecule has 0 spiro atoms. The van der Waals surface area contributed by atoms with Crippen LogP contribution in [0.15, 0.2) is 46.9 Å². The molecule has 148 valence electrons. The molecule has 1 heterocycles. The van der Waals surface area contributed by atoms with E-state index in [9.17, 15) is 14.7 Å². The molecular formula is C20H20BrClN2O4. The lowest BCUT2D eigenvalue weighted by molar-refractivity contribution is -0.139. The normalized spacial score (nSPS) is 15.2. The third kappa shape index (κ3) is 4.59. The molecule has 1 aliphatic heterocycles. The second kappa shape index (κ2) is 8.84. The van der Waals surface area contributed by atoms with Crippen LogP contribution in [0.3, 0.4) is 0 Å². The van der Waals surface area contributed by atoms with Crippen molar-refractivity contribution >= 4 is 39.3 Å². The maximum absolute atomic E-state index is 12.7. The molecule has 3 rings (SSSR count). The van der Waals surface area contributed by atoms with E-state index in [0.29, 0.717) is 41.4 Å². The number of nitrogens with zero attached hydrogens (tertiary/aromatic N) is 2. The van der Waals surface area contributed by atoms with E-state index in [1.54, 1.807) is 53.1 Å². The van der Waals surface area contributed by atoms with Crippen LogP contribution in [0.25, 0.3) is 0 Å². The fourth-order valence-corrected chi connectivity index (χ4v) is 3.80. The number of rotatable bonds is 4. The lowest BCUT2D eigenvalue weighted by Crippen LogP contribution is -2.53. The van der Waals surface area contributed by atoms with Gasteiger partial charge < -0.3 is 19.6 Å². The van der Waals surface area contributed by atoms with Gasteiger partial charge in [0.1, 0.15) is 11.5 Å². The largest absolute Gasteiger partial charge is 0.507 e. The van der Waals surface area contributed by atoms with Crippen molar-refractivity contribution in [2.75, 3.05) is 26.2 Å². The maximum atomic E-state index is 12.7. The van der Waals surface area contributed by atoms with Crippen LogP contribution in [0, 0.1) is 0 Å². The fraction of sp³-hybridized carbons (Fsp3) is 0.300. The quantitative estimate of drug-likeness (QED) is 0.746. The first-order valence-corrected chi connectivity index (χ1v) is 10.0. The van der Waals surface area contributed by atoms with Crippen molar-refractivity contribution in [2.45, 2.75) is 13.0 Å². The van der Waals surface area contributed by atoms with E-state index in [4.69, 9.17) is 16.3 Å². The van der Waals surface area contributed by atoms with E-state index < -0.39 is 6.10 Å². The Labute approximate surface area is 176 Å². The van der Waals surface area contributed by atoms with Crippen molar-refractivity contribution in [3.8, 4) is 11.5 Å². The molecule has 0 bridgehead atoms. The Kier molecular flexibility index (Phi) is 6.46. The minimum Gasteiger partial charge on any atom is -0.507 e. The predicted octanol–water partition coefficient (Wildman–Crippen LogP) is 3.56. The van der Waals surface area contributed by atoms with Crippen molar-refractivity contribution in [2.24, 2.45) is 0 Å². The highest BCUT2D eigenvalue weighted by Gasteiger charge is 2.29. The van der Waals surface area contributed by atoms with Crippen LogP contribution < -0.4 is 4.74 Å². The van der Waals surface area contributed by atoms with Gasteiger partial charge in [0.25, 0.3) is 11.8 Å². The molecule has 0 saturated carbocycles. The average molecular weight is 468 g/mol. The number of phenols is 1. The van der Waals surface area contributed by atoms with Crippen LogP contribution in [0.5, 0.6) is 11.5 Å². The second-order valence-electron chi connectivity index (χ2n) is 6.47. The molecule has 28 heavy (non-hydrogen) atoms. The summed E-state index contributed by atoms with van der Waals surface area (Å²) in [6.07, 6.45) is -0.669. The molecule has 1 fully saturated rings. The van der Waals surface area contributed by atoms with E-state index in [2.05, 4.69) is 15.9 Å². The van der Waals surface area contributed by atoms with Gasteiger partial charge in [-0.2, -0.15) is 0 Å². The van der Waals surface area contributed by atoms with Gasteiger partial charge in [-0.15, -0.1) is 0 Å². The van der Waals surface area contributed by atoms with Gasteiger partial charge in [0.15, 0.2) is 6.10 Å². The molecule has 1 N–H and O–H groups in total. The molecular weight excluding hydrogens is 448 g/mol. The van der Waals surface area contributed by atoms with Gasteiger partial charge in [-0.1, -0.05) is 23.7 Å². The molecule has 1 aliphatic rings. The highest BCUT2D eigenvalue weighted by atomic mass is 79.9. The zero-order chi connectivity index (χ0) is 20.3. The summed E-state index contributed by atoms with van der Waals surface area (Å²) >= 11 is 9.30. The van der Waals surface area contributed by atoms with E-state index in [0.717, 1.165) is 0 Å². The molecule has 1 saturated heterocycles. The number of hydrogen-bond acceptors (Lipinski definition) is 4. The summed E-state index contributed by atoms with van der Waals surface area (Å²) in [7, 11) is 0. The predicted molar refractivity (Wildman–Crippen MR) is 110 cm³/mol. The summed E-state index contributed by atoms with van der Waals surface area (Å²) in [5.74, 6) is 0.122. The summed E-state index contributed by atoms with van der Waals surface area (Å²) in [6.45, 7) is 3.32. The van der Waals surface area contributed by atoms with Crippen molar-refractivity contribution in [1.29, 1.82) is 0 Å². The number of benzene rings is 2. The number of para-hydroxylation sites is 1. The topological polar surface area (TPSA) is 70.1 Å². The Hall–Kier alpha value is -2.25. The van der Waals surface area contributed by atoms with Crippen LogP contribution >= 0.6 is 27.5 Å². The second-order valence-corrected chi connectivity index (χ2v) is 7.76. The highest BCUT2D eigenvalue weighted by Crippen LogP contribution is 2.29. The van der Waals surface area contributed by atoms with Crippen LogP contribution in [0.1, 0.15) is 17.3 Å². The monoisotopic (exact) mass is 466 g/mol. The number of hydrogen-bond donors (Lipinski definition) is 1. The number of ether oxygens (including phenoxy) is 1. The van der Waals surface area contributed by atoms with E-state index in [-0.39, 0.29) is 23.1 Å². The SMILES string of the molecule is CC(Oc1ccc(Cl)cc1Br)C(=O)N1CCN(C(=O)c2ccccc2O)CC1. The Morgan fingerprint density at radius 2 is 1.75 bits per heavy atom. The minimum absolute atomic E-state index is 0.0402. The summed E-state index contributed by atoms with van der Waals surface area (Å²) in [5.41, 5.74) is 0.270. The minimum atomic E-state index is -0.669. The number of carbonyl (C=O) groups is 2. The molecule has 0 radical (unpaired) electrons. The maximum Gasteiger partial charge on any atom is 0.263 e. The van der Waals surface area contributed by atoms with Crippen molar-refractivity contribution in [1.82, 2.24) is 9.80 Å². The molecule has 0 aromatic heterocycles. The van der Waals surface area contributed by atoms with Crippen LogP contribution in [-0.2, 0) is 4.79 Å². The first kappa shape index (κ1) is 20.5. The first-order chi connectivity index (χ1) is 13.4. The molecule has 8 heteroatoms. The summed E-state index contributed by atoms with van der Waals surface area (Å²) in [6, 6.07) is 11.6. The zero-order valence-electron chi connectivity index (χ0n) is 15.3. The molecule has 1 atom stereocenters. The molecule has 2 aromatic rings. The van der Waals surface area contributed by atoms with Gasteiger partial charge in [-0.25, -0.2) is 0 Å². The Morgan fingerprint density at radius 1 is 1.11 bits per heavy atom. The van der Waals surface area contributed by atoms with Crippen molar-refractivity contribution < 1.29 is 19.4 Å². The van der Waals surface area contributed by atoms with Crippen molar-refractivity contribution in [3.63, 3.8) is 0 Å². The molecule has 6 nitrogen and oxygen atoms in total. The van der Waals surface area contributed by atoms with Gasteiger partial charge in [0.2, 0.25) is 0 Å². The van der Waals surface area contributed by atoms with Crippen molar-refractivity contribution in [3.05, 3.63) is 57.5 Å². The smallest absolute Gasteiger partial charge is 0.263 e. The van der Waals surface area contributed by atoms with Crippen LogP contribution in [0.4, 0.5) is 0 Å². The first-order valence-electron chi connectivity index (χ1n) is 8.84. The van der Waals surface area contributed by atoms with Gasteiger partial charge in [0.05, 0.1) is 10.0 Å². The number of aromatic hydroxyl groups is 1. The summed E-state index contributed by atoms with van der Waals surface area (Å²) in [4.78, 5) is 28.6. The lowest BCUT2D eigenvalue weighted by atomic mass is 10.1. The van der Waals surface area contributed by atoms with E-state index in [1.807, 2.05) is 0 Å². The fourth-order valence-electron chi connectivity index (χ4n) is 3.02. The van der Waals surface area contributed by atoms with Gasteiger partial charge in [-0.3, -0.25) is 9.59 Å². The summed E-state index contributed by atoms with van der Waals surface area (Å²) in [5, 5.41) is 10.4. The standard InChI is InChI=1S/C20H20BrClN2O4/c1-13(28-18-7-6-14(22)12-16(18)21)19(26)23-8-10-24(11-9-23)20(27)15-4-2-3-5-17(15)25/h2-7,12-13,25H,8-11H2,1H3. The Balaban J connectivity index is 1.57. The summed E-state index contributed by atoms with van der Waals surface area (Å²) < 4.78 is 6.44. The van der Waals surface area contributed by atoms with Gasteiger partial charge in [0, 0.05) is 31.2 Å². The van der Waals surface area contributed by atoms with Gasteiger partial charge >= 0.3 is 0 Å². The molecule has 1 unspecified atom stereocenters. The lowest BCUT2D eigenvalue weighted by Gasteiger charge is -2.36. The third-order valence-electron chi connectivity index (χ3n) is 4.56. The zero-order valence-corrected chi connectivity index (χ0v) is 17.6. The molecule has 2 amide bonds. The molecule has 0 aliphatic carbocycles. The number of piperazine rings is 1. The third-order valence-corrected chi connectivity index (χ3v) is 5.41. The number of halogens is 2. The molecule has 2 aromatic carbocycles. The highest BCUT2D eigenvalue weighted by molar-refractivity contribution is 9.10. The number of carbonyl (C=O) groups excluding carboxylic acids is 2. The van der Waals surface area contributed by atoms with Crippen LogP contribution in [0.2, 0.25) is 5.02 Å². The van der Waals surface area contributed by atoms with E-state index >= 15 is 0 Å². The number of phenolic OH excluding ortho intramolecular Hbond substituents is 1. The average Bonchev–Trinajstić information content (AvgIpc) is 2.69. The van der Waals surface area contributed by atoms with Gasteiger partial charge in [-0.05, 0) is 53.2 Å². The van der Waals surface area contributed by atoms with Crippen LogP contribution in [-0.4, -0.2) is 59.0 Å². The van der Waals surface area contributed by atoms with E-state index in [1.165, 1.54) is 6.07 Å².